The van der Waals surface area contributed by atoms with Gasteiger partial charge in [0, 0.05) is 14.9 Å². The van der Waals surface area contributed by atoms with Crippen molar-refractivity contribution < 1.29 is 4.79 Å². The molecule has 0 aliphatic carbocycles. The molecular weight excluding hydrogens is 312 g/mol. The Labute approximate surface area is 118 Å². The maximum Gasteiger partial charge on any atom is 0.245 e. The summed E-state index contributed by atoms with van der Waals surface area (Å²) >= 11 is 4.97. The van der Waals surface area contributed by atoms with Gasteiger partial charge < -0.3 is 0 Å². The van der Waals surface area contributed by atoms with Crippen LogP contribution in [0.2, 0.25) is 0 Å². The molecule has 1 heterocycles. The van der Waals surface area contributed by atoms with Crippen LogP contribution in [-0.4, -0.2) is 12.1 Å². The van der Waals surface area contributed by atoms with Crippen LogP contribution in [0.25, 0.3) is 0 Å². The summed E-state index contributed by atoms with van der Waals surface area (Å²) in [4.78, 5) is 12.6. The van der Waals surface area contributed by atoms with Gasteiger partial charge in [-0.05, 0) is 17.5 Å². The number of rotatable bonds is 4. The second-order valence-electron chi connectivity index (χ2n) is 3.57. The molecule has 0 atom stereocenters. The molecule has 0 radical (unpaired) electrons. The molecule has 0 bridgehead atoms. The SMILES string of the molecule is O=C(Cc1cccs1)N/N=C/c1ccccc1Br. The van der Waals surface area contributed by atoms with Crippen LogP contribution in [0.15, 0.2) is 51.4 Å². The minimum Gasteiger partial charge on any atom is -0.273 e. The van der Waals surface area contributed by atoms with E-state index >= 15 is 0 Å². The maximum absolute atomic E-state index is 11.6. The summed E-state index contributed by atoms with van der Waals surface area (Å²) in [6.45, 7) is 0. The van der Waals surface area contributed by atoms with Crippen LogP contribution in [0, 0.1) is 0 Å². The number of amides is 1. The van der Waals surface area contributed by atoms with E-state index in [1.165, 1.54) is 0 Å². The summed E-state index contributed by atoms with van der Waals surface area (Å²) in [5.41, 5.74) is 3.44. The Kier molecular flexibility index (Phi) is 4.66. The van der Waals surface area contributed by atoms with Gasteiger partial charge in [0.05, 0.1) is 12.6 Å². The first-order valence-corrected chi connectivity index (χ1v) is 7.02. The van der Waals surface area contributed by atoms with Crippen LogP contribution < -0.4 is 5.43 Å². The zero-order chi connectivity index (χ0) is 12.8. The van der Waals surface area contributed by atoms with Crippen molar-refractivity contribution in [3.8, 4) is 0 Å². The van der Waals surface area contributed by atoms with E-state index in [-0.39, 0.29) is 5.91 Å². The zero-order valence-corrected chi connectivity index (χ0v) is 11.9. The minimum atomic E-state index is -0.110. The van der Waals surface area contributed by atoms with Gasteiger partial charge in [-0.3, -0.25) is 4.79 Å². The summed E-state index contributed by atoms with van der Waals surface area (Å²) in [6, 6.07) is 11.5. The molecule has 0 aliphatic rings. The fourth-order valence-electron chi connectivity index (χ4n) is 1.36. The standard InChI is InChI=1S/C13H11BrN2OS/c14-12-6-2-1-4-10(12)9-15-16-13(17)8-11-5-3-7-18-11/h1-7,9H,8H2,(H,16,17)/b15-9+. The van der Waals surface area contributed by atoms with Crippen molar-refractivity contribution in [3.63, 3.8) is 0 Å². The minimum absolute atomic E-state index is 0.110. The molecular formula is C13H11BrN2OS. The van der Waals surface area contributed by atoms with Crippen LogP contribution in [0.4, 0.5) is 0 Å². The van der Waals surface area contributed by atoms with Gasteiger partial charge in [0.25, 0.3) is 0 Å². The normalized spacial score (nSPS) is 10.7. The highest BCUT2D eigenvalue weighted by Crippen LogP contribution is 2.13. The summed E-state index contributed by atoms with van der Waals surface area (Å²) in [5.74, 6) is -0.110. The molecule has 0 saturated heterocycles. The highest BCUT2D eigenvalue weighted by Gasteiger charge is 2.02. The van der Waals surface area contributed by atoms with E-state index in [2.05, 4.69) is 26.5 Å². The van der Waals surface area contributed by atoms with E-state index in [1.807, 2.05) is 41.8 Å². The Bertz CT molecular complexity index is 552. The van der Waals surface area contributed by atoms with Gasteiger partial charge >= 0.3 is 0 Å². The van der Waals surface area contributed by atoms with Crippen LogP contribution in [0.3, 0.4) is 0 Å². The van der Waals surface area contributed by atoms with Crippen molar-refractivity contribution in [1.82, 2.24) is 5.43 Å². The molecule has 1 amide bonds. The zero-order valence-electron chi connectivity index (χ0n) is 9.47. The molecule has 1 N–H and O–H groups in total. The quantitative estimate of drug-likeness (QED) is 0.681. The molecule has 92 valence electrons. The second kappa shape index (κ2) is 6.47. The number of thiophene rings is 1. The van der Waals surface area contributed by atoms with Gasteiger partial charge in [0.15, 0.2) is 0 Å². The first-order chi connectivity index (χ1) is 8.75. The van der Waals surface area contributed by atoms with E-state index in [9.17, 15) is 4.79 Å². The number of carbonyl (C=O) groups excluding carboxylic acids is 1. The lowest BCUT2D eigenvalue weighted by Gasteiger charge is -1.98. The van der Waals surface area contributed by atoms with E-state index in [0.29, 0.717) is 6.42 Å². The molecule has 0 saturated carbocycles. The Hall–Kier alpha value is -1.46. The van der Waals surface area contributed by atoms with Gasteiger partial charge in [-0.15, -0.1) is 11.3 Å². The third-order valence-electron chi connectivity index (χ3n) is 2.21. The number of nitrogens with zero attached hydrogens (tertiary/aromatic N) is 1. The second-order valence-corrected chi connectivity index (χ2v) is 5.46. The lowest BCUT2D eigenvalue weighted by atomic mass is 10.2. The highest BCUT2D eigenvalue weighted by molar-refractivity contribution is 9.10. The van der Waals surface area contributed by atoms with E-state index < -0.39 is 0 Å². The van der Waals surface area contributed by atoms with Gasteiger partial charge in [-0.2, -0.15) is 5.10 Å². The highest BCUT2D eigenvalue weighted by atomic mass is 79.9. The number of nitrogens with one attached hydrogen (secondary N) is 1. The molecule has 3 nitrogen and oxygen atoms in total. The predicted molar refractivity (Wildman–Crippen MR) is 77.9 cm³/mol. The number of hydrogen-bond donors (Lipinski definition) is 1. The predicted octanol–water partition coefficient (Wildman–Crippen LogP) is 3.20. The number of hydrazone groups is 1. The molecule has 5 heteroatoms. The monoisotopic (exact) mass is 322 g/mol. The van der Waals surface area contributed by atoms with Gasteiger partial charge in [-0.25, -0.2) is 5.43 Å². The van der Waals surface area contributed by atoms with E-state index in [0.717, 1.165) is 14.9 Å². The van der Waals surface area contributed by atoms with Crippen molar-refractivity contribution in [2.75, 3.05) is 0 Å². The van der Waals surface area contributed by atoms with Crippen LogP contribution in [0.1, 0.15) is 10.4 Å². The maximum atomic E-state index is 11.6. The average Bonchev–Trinajstić information content (AvgIpc) is 2.84. The summed E-state index contributed by atoms with van der Waals surface area (Å²) < 4.78 is 0.946. The van der Waals surface area contributed by atoms with Crippen LogP contribution in [-0.2, 0) is 11.2 Å². The smallest absolute Gasteiger partial charge is 0.245 e. The largest absolute Gasteiger partial charge is 0.273 e. The molecule has 2 rings (SSSR count). The summed E-state index contributed by atoms with van der Waals surface area (Å²) in [6.07, 6.45) is 1.99. The topological polar surface area (TPSA) is 41.5 Å². The Balaban J connectivity index is 1.88. The van der Waals surface area contributed by atoms with Crippen molar-refractivity contribution in [2.45, 2.75) is 6.42 Å². The van der Waals surface area contributed by atoms with E-state index in [1.54, 1.807) is 17.6 Å². The van der Waals surface area contributed by atoms with Crippen molar-refractivity contribution in [3.05, 3.63) is 56.7 Å². The third kappa shape index (κ3) is 3.78. The Morgan fingerprint density at radius 2 is 2.17 bits per heavy atom. The van der Waals surface area contributed by atoms with Crippen molar-refractivity contribution in [1.29, 1.82) is 0 Å². The van der Waals surface area contributed by atoms with Gasteiger partial charge in [0.2, 0.25) is 5.91 Å². The summed E-state index contributed by atoms with van der Waals surface area (Å²) in [5, 5.41) is 5.88. The lowest BCUT2D eigenvalue weighted by Crippen LogP contribution is -2.19. The number of benzene rings is 1. The first kappa shape index (κ1) is 13.0. The number of carbonyl (C=O) groups is 1. The van der Waals surface area contributed by atoms with Crippen LogP contribution in [0.5, 0.6) is 0 Å². The molecule has 18 heavy (non-hydrogen) atoms. The Morgan fingerprint density at radius 1 is 1.33 bits per heavy atom. The van der Waals surface area contributed by atoms with Crippen molar-refractivity contribution in [2.24, 2.45) is 5.10 Å². The third-order valence-corrected chi connectivity index (χ3v) is 3.81. The average molecular weight is 323 g/mol. The molecule has 0 fully saturated rings. The molecule has 0 unspecified atom stereocenters. The van der Waals surface area contributed by atoms with Gasteiger partial charge in [0.1, 0.15) is 0 Å². The number of halogens is 1. The van der Waals surface area contributed by atoms with Crippen LogP contribution >= 0.6 is 27.3 Å². The number of hydrogen-bond acceptors (Lipinski definition) is 3. The van der Waals surface area contributed by atoms with Crippen molar-refractivity contribution >= 4 is 39.4 Å². The molecule has 0 spiro atoms. The Morgan fingerprint density at radius 3 is 2.89 bits per heavy atom. The lowest BCUT2D eigenvalue weighted by molar-refractivity contribution is -0.120. The first-order valence-electron chi connectivity index (χ1n) is 5.34. The molecule has 2 aromatic rings. The summed E-state index contributed by atoms with van der Waals surface area (Å²) in [7, 11) is 0. The molecule has 0 aliphatic heterocycles. The fourth-order valence-corrected chi connectivity index (χ4v) is 2.46. The van der Waals surface area contributed by atoms with Gasteiger partial charge in [-0.1, -0.05) is 40.2 Å². The molecule has 1 aromatic heterocycles. The van der Waals surface area contributed by atoms with E-state index in [4.69, 9.17) is 0 Å². The molecule has 1 aromatic carbocycles. The fraction of sp³-hybridized carbons (Fsp3) is 0.0769.